The van der Waals surface area contributed by atoms with Crippen molar-refractivity contribution in [1.82, 2.24) is 10.2 Å². The Balaban J connectivity index is 1.50. The molecule has 1 saturated heterocycles. The van der Waals surface area contributed by atoms with E-state index in [0.29, 0.717) is 0 Å². The minimum absolute atomic E-state index is 0.0688. The Labute approximate surface area is 166 Å². The maximum atomic E-state index is 12.7. The third-order valence-electron chi connectivity index (χ3n) is 5.24. The predicted octanol–water partition coefficient (Wildman–Crippen LogP) is 4.44. The topological polar surface area (TPSA) is 41.6 Å². The zero-order chi connectivity index (χ0) is 19.2. The van der Waals surface area contributed by atoms with Gasteiger partial charge in [0, 0.05) is 23.0 Å². The van der Waals surface area contributed by atoms with Crippen LogP contribution in [0.25, 0.3) is 0 Å². The number of carbonyl (C=O) groups excluding carboxylic acids is 1. The number of nitrogens with zero attached hydrogens (tertiary/aromatic N) is 1. The normalized spacial score (nSPS) is 16.7. The minimum atomic E-state index is -0.0688. The Morgan fingerprint density at radius 1 is 1.19 bits per heavy atom. The molecule has 0 bridgehead atoms. The Morgan fingerprint density at radius 2 is 1.85 bits per heavy atom. The van der Waals surface area contributed by atoms with Crippen LogP contribution >= 0.6 is 11.6 Å². The summed E-state index contributed by atoms with van der Waals surface area (Å²) in [6.45, 7) is 4.78. The molecule has 27 heavy (non-hydrogen) atoms. The van der Waals surface area contributed by atoms with Gasteiger partial charge in [-0.05, 0) is 56.6 Å². The molecule has 1 amide bonds. The van der Waals surface area contributed by atoms with Crippen molar-refractivity contribution in [2.75, 3.05) is 20.2 Å². The van der Waals surface area contributed by atoms with Gasteiger partial charge in [0.25, 0.3) is 0 Å². The molecule has 0 spiro atoms. The predicted molar refractivity (Wildman–Crippen MR) is 109 cm³/mol. The van der Waals surface area contributed by atoms with Crippen molar-refractivity contribution in [3.63, 3.8) is 0 Å². The number of methoxy groups -OCH3 is 1. The average molecular weight is 387 g/mol. The number of benzene rings is 2. The van der Waals surface area contributed by atoms with Crippen LogP contribution in [0.4, 0.5) is 0 Å². The molecule has 1 aliphatic rings. The molecule has 0 saturated carbocycles. The summed E-state index contributed by atoms with van der Waals surface area (Å²) in [4.78, 5) is 15.1. The summed E-state index contributed by atoms with van der Waals surface area (Å²) in [6.07, 6.45) is 1.77. The number of hydrogen-bond acceptors (Lipinski definition) is 3. The SMILES string of the molecule is COc1ccccc1[C@@H](C)NC(=O)C1CCN(Cc2ccc(Cl)cc2)CC1. The highest BCUT2D eigenvalue weighted by atomic mass is 35.5. The summed E-state index contributed by atoms with van der Waals surface area (Å²) < 4.78 is 5.41. The molecule has 2 aromatic rings. The van der Waals surface area contributed by atoms with Crippen LogP contribution in [0.15, 0.2) is 48.5 Å². The number of halogens is 1. The van der Waals surface area contributed by atoms with Crippen molar-refractivity contribution in [3.8, 4) is 5.75 Å². The smallest absolute Gasteiger partial charge is 0.223 e. The van der Waals surface area contributed by atoms with Crippen LogP contribution in [0, 0.1) is 5.92 Å². The maximum Gasteiger partial charge on any atom is 0.223 e. The van der Waals surface area contributed by atoms with Crippen molar-refractivity contribution < 1.29 is 9.53 Å². The van der Waals surface area contributed by atoms with Crippen LogP contribution in [0.2, 0.25) is 5.02 Å². The van der Waals surface area contributed by atoms with E-state index in [4.69, 9.17) is 16.3 Å². The quantitative estimate of drug-likeness (QED) is 0.798. The summed E-state index contributed by atoms with van der Waals surface area (Å²) in [5, 5.41) is 3.92. The van der Waals surface area contributed by atoms with Gasteiger partial charge in [0.05, 0.1) is 13.2 Å². The van der Waals surface area contributed by atoms with Gasteiger partial charge in [-0.15, -0.1) is 0 Å². The summed E-state index contributed by atoms with van der Waals surface area (Å²) in [5.41, 5.74) is 2.26. The molecule has 1 N–H and O–H groups in total. The number of nitrogens with one attached hydrogen (secondary N) is 1. The number of amides is 1. The van der Waals surface area contributed by atoms with E-state index >= 15 is 0 Å². The van der Waals surface area contributed by atoms with Crippen molar-refractivity contribution in [2.24, 2.45) is 5.92 Å². The molecule has 2 aromatic carbocycles. The van der Waals surface area contributed by atoms with Crippen molar-refractivity contribution >= 4 is 17.5 Å². The minimum Gasteiger partial charge on any atom is -0.496 e. The number of hydrogen-bond donors (Lipinski definition) is 1. The highest BCUT2D eigenvalue weighted by molar-refractivity contribution is 6.30. The molecule has 1 aliphatic heterocycles. The molecule has 0 radical (unpaired) electrons. The Bertz CT molecular complexity index is 755. The largest absolute Gasteiger partial charge is 0.496 e. The van der Waals surface area contributed by atoms with Crippen LogP contribution < -0.4 is 10.1 Å². The van der Waals surface area contributed by atoms with Crippen LogP contribution in [0.5, 0.6) is 5.75 Å². The second-order valence-electron chi connectivity index (χ2n) is 7.15. The maximum absolute atomic E-state index is 12.7. The molecule has 1 fully saturated rings. The summed E-state index contributed by atoms with van der Waals surface area (Å²) in [7, 11) is 1.66. The summed E-state index contributed by atoms with van der Waals surface area (Å²) in [6, 6.07) is 15.7. The summed E-state index contributed by atoms with van der Waals surface area (Å²) >= 11 is 5.95. The first-order chi connectivity index (χ1) is 13.1. The lowest BCUT2D eigenvalue weighted by atomic mass is 9.94. The Hall–Kier alpha value is -2.04. The van der Waals surface area contributed by atoms with Gasteiger partial charge < -0.3 is 10.1 Å². The van der Waals surface area contributed by atoms with Crippen LogP contribution in [-0.2, 0) is 11.3 Å². The second-order valence-corrected chi connectivity index (χ2v) is 7.59. The first-order valence-corrected chi connectivity index (χ1v) is 9.84. The van der Waals surface area contributed by atoms with E-state index in [1.165, 1.54) is 5.56 Å². The van der Waals surface area contributed by atoms with E-state index in [9.17, 15) is 4.79 Å². The van der Waals surface area contributed by atoms with Gasteiger partial charge in [0.2, 0.25) is 5.91 Å². The molecule has 0 aliphatic carbocycles. The molecule has 1 heterocycles. The molecule has 4 nitrogen and oxygen atoms in total. The third kappa shape index (κ3) is 5.24. The first-order valence-electron chi connectivity index (χ1n) is 9.47. The van der Waals surface area contributed by atoms with Gasteiger partial charge in [-0.2, -0.15) is 0 Å². The lowest BCUT2D eigenvalue weighted by Gasteiger charge is -2.32. The van der Waals surface area contributed by atoms with E-state index in [2.05, 4.69) is 22.3 Å². The van der Waals surface area contributed by atoms with Crippen molar-refractivity contribution in [2.45, 2.75) is 32.4 Å². The van der Waals surface area contributed by atoms with E-state index < -0.39 is 0 Å². The number of piperidine rings is 1. The number of ether oxygens (including phenoxy) is 1. The molecular formula is C22H27ClN2O2. The standard InChI is InChI=1S/C22H27ClN2O2/c1-16(20-5-3-4-6-21(20)27-2)24-22(26)18-11-13-25(14-12-18)15-17-7-9-19(23)10-8-17/h3-10,16,18H,11-15H2,1-2H3,(H,24,26)/t16-/m1/s1. The highest BCUT2D eigenvalue weighted by Crippen LogP contribution is 2.26. The highest BCUT2D eigenvalue weighted by Gasteiger charge is 2.26. The average Bonchev–Trinajstić information content (AvgIpc) is 2.70. The fraction of sp³-hybridized carbons (Fsp3) is 0.409. The van der Waals surface area contributed by atoms with Gasteiger partial charge in [-0.3, -0.25) is 9.69 Å². The van der Waals surface area contributed by atoms with Gasteiger partial charge in [-0.1, -0.05) is 41.9 Å². The number of likely N-dealkylation sites (tertiary alicyclic amines) is 1. The molecule has 5 heteroatoms. The van der Waals surface area contributed by atoms with Crippen molar-refractivity contribution in [1.29, 1.82) is 0 Å². The lowest BCUT2D eigenvalue weighted by molar-refractivity contribution is -0.127. The van der Waals surface area contributed by atoms with Crippen LogP contribution in [-0.4, -0.2) is 31.0 Å². The third-order valence-corrected chi connectivity index (χ3v) is 5.49. The molecule has 144 valence electrons. The van der Waals surface area contributed by atoms with Gasteiger partial charge in [0.15, 0.2) is 0 Å². The molecule has 1 atom stereocenters. The second kappa shape index (κ2) is 9.25. The number of rotatable bonds is 6. The van der Waals surface area contributed by atoms with Gasteiger partial charge in [-0.25, -0.2) is 0 Å². The fourth-order valence-corrected chi connectivity index (χ4v) is 3.76. The van der Waals surface area contributed by atoms with E-state index in [0.717, 1.165) is 48.8 Å². The summed E-state index contributed by atoms with van der Waals surface area (Å²) in [5.74, 6) is 1.02. The van der Waals surface area contributed by atoms with Crippen molar-refractivity contribution in [3.05, 3.63) is 64.7 Å². The Morgan fingerprint density at radius 3 is 2.52 bits per heavy atom. The molecule has 3 rings (SSSR count). The fourth-order valence-electron chi connectivity index (χ4n) is 3.63. The molecular weight excluding hydrogens is 360 g/mol. The van der Waals surface area contributed by atoms with Gasteiger partial charge in [0.1, 0.15) is 5.75 Å². The number of para-hydroxylation sites is 1. The zero-order valence-electron chi connectivity index (χ0n) is 16.0. The monoisotopic (exact) mass is 386 g/mol. The zero-order valence-corrected chi connectivity index (χ0v) is 16.7. The van der Waals surface area contributed by atoms with E-state index in [1.54, 1.807) is 7.11 Å². The van der Waals surface area contributed by atoms with Crippen LogP contribution in [0.1, 0.15) is 36.9 Å². The van der Waals surface area contributed by atoms with E-state index in [1.807, 2.05) is 43.3 Å². The number of carbonyl (C=O) groups is 1. The van der Waals surface area contributed by atoms with Crippen LogP contribution in [0.3, 0.4) is 0 Å². The van der Waals surface area contributed by atoms with E-state index in [-0.39, 0.29) is 17.9 Å². The molecule has 0 aromatic heterocycles. The first kappa shape index (κ1) is 19.7. The Kier molecular flexibility index (Phi) is 6.75. The lowest BCUT2D eigenvalue weighted by Crippen LogP contribution is -2.40. The van der Waals surface area contributed by atoms with Gasteiger partial charge >= 0.3 is 0 Å². The molecule has 0 unspecified atom stereocenters.